The Morgan fingerprint density at radius 3 is 2.76 bits per heavy atom. The van der Waals surface area contributed by atoms with Gasteiger partial charge in [-0.25, -0.2) is 0 Å². The summed E-state index contributed by atoms with van der Waals surface area (Å²) < 4.78 is 9.80. The van der Waals surface area contributed by atoms with Crippen LogP contribution in [0.2, 0.25) is 0 Å². The van der Waals surface area contributed by atoms with Crippen LogP contribution < -0.4 is 5.32 Å². The van der Waals surface area contributed by atoms with Crippen molar-refractivity contribution in [2.45, 2.75) is 57.9 Å². The van der Waals surface area contributed by atoms with Crippen molar-refractivity contribution in [3.05, 3.63) is 11.6 Å². The van der Waals surface area contributed by atoms with Crippen molar-refractivity contribution < 1.29 is 4.42 Å². The van der Waals surface area contributed by atoms with Gasteiger partial charge in [0.1, 0.15) is 4.88 Å². The smallest absolute Gasteiger partial charge is 0.261 e. The first-order chi connectivity index (χ1) is 10.0. The third kappa shape index (κ3) is 3.65. The lowest BCUT2D eigenvalue weighted by Crippen LogP contribution is -2.17. The van der Waals surface area contributed by atoms with E-state index < -0.39 is 0 Å². The van der Waals surface area contributed by atoms with E-state index in [1.54, 1.807) is 0 Å². The number of aryl methyl sites for hydroxylation is 1. The first-order valence-corrected chi connectivity index (χ1v) is 8.20. The van der Waals surface area contributed by atoms with Crippen molar-refractivity contribution in [1.82, 2.24) is 25.1 Å². The molecule has 0 saturated heterocycles. The SMILES string of the molecule is CC(C)(C)c1nnsc1-c1nnc(CCCNC2CC2)o1. The van der Waals surface area contributed by atoms with E-state index in [0.717, 1.165) is 36.0 Å². The Hall–Kier alpha value is -1.34. The topological polar surface area (TPSA) is 76.7 Å². The highest BCUT2D eigenvalue weighted by Crippen LogP contribution is 2.33. The summed E-state index contributed by atoms with van der Waals surface area (Å²) >= 11 is 1.31. The van der Waals surface area contributed by atoms with Gasteiger partial charge in [-0.05, 0) is 37.3 Å². The maximum absolute atomic E-state index is 5.77. The number of hydrogen-bond acceptors (Lipinski definition) is 7. The first-order valence-electron chi connectivity index (χ1n) is 7.43. The summed E-state index contributed by atoms with van der Waals surface area (Å²) in [5, 5.41) is 16.0. The average molecular weight is 307 g/mol. The van der Waals surface area contributed by atoms with Crippen molar-refractivity contribution >= 4 is 11.5 Å². The van der Waals surface area contributed by atoms with Crippen LogP contribution in [0, 0.1) is 0 Å². The van der Waals surface area contributed by atoms with Crippen LogP contribution in [0.5, 0.6) is 0 Å². The van der Waals surface area contributed by atoms with Crippen molar-refractivity contribution in [1.29, 1.82) is 0 Å². The molecule has 1 fully saturated rings. The average Bonchev–Trinajstić information content (AvgIpc) is 2.92. The molecule has 6 nitrogen and oxygen atoms in total. The second kappa shape index (κ2) is 5.81. The molecule has 3 rings (SSSR count). The molecule has 2 heterocycles. The molecule has 1 aliphatic carbocycles. The normalized spacial score (nSPS) is 15.6. The minimum absolute atomic E-state index is 0.0782. The molecule has 1 aliphatic rings. The van der Waals surface area contributed by atoms with Gasteiger partial charge in [-0.1, -0.05) is 25.3 Å². The number of rotatable bonds is 6. The summed E-state index contributed by atoms with van der Waals surface area (Å²) in [6.45, 7) is 7.33. The summed E-state index contributed by atoms with van der Waals surface area (Å²) in [7, 11) is 0. The van der Waals surface area contributed by atoms with Crippen molar-refractivity contribution in [3.63, 3.8) is 0 Å². The van der Waals surface area contributed by atoms with Gasteiger partial charge in [0, 0.05) is 17.9 Å². The Bertz CT molecular complexity index is 597. The molecule has 0 radical (unpaired) electrons. The molecule has 1 N–H and O–H groups in total. The fourth-order valence-corrected chi connectivity index (χ4v) is 2.90. The molecule has 7 heteroatoms. The minimum atomic E-state index is -0.0782. The van der Waals surface area contributed by atoms with Crippen LogP contribution in [0.3, 0.4) is 0 Å². The third-order valence-electron chi connectivity index (χ3n) is 3.44. The predicted octanol–water partition coefficient (Wildman–Crippen LogP) is 2.57. The molecule has 0 aromatic carbocycles. The Morgan fingerprint density at radius 1 is 1.24 bits per heavy atom. The molecular weight excluding hydrogens is 286 g/mol. The molecular formula is C14H21N5OS. The molecule has 0 amide bonds. The maximum atomic E-state index is 5.77. The van der Waals surface area contributed by atoms with E-state index in [1.807, 2.05) is 0 Å². The van der Waals surface area contributed by atoms with Gasteiger partial charge in [0.05, 0.1) is 5.69 Å². The molecule has 2 aromatic heterocycles. The van der Waals surface area contributed by atoms with Crippen LogP contribution in [-0.4, -0.2) is 32.4 Å². The second-order valence-corrected chi connectivity index (χ2v) is 7.29. The number of nitrogens with one attached hydrogen (secondary N) is 1. The van der Waals surface area contributed by atoms with E-state index in [2.05, 4.69) is 45.9 Å². The van der Waals surface area contributed by atoms with Gasteiger partial charge in [0.25, 0.3) is 5.89 Å². The van der Waals surface area contributed by atoms with Crippen LogP contribution >= 0.6 is 11.5 Å². The molecule has 0 unspecified atom stereocenters. The Labute approximate surface area is 128 Å². The van der Waals surface area contributed by atoms with Gasteiger partial charge in [-0.15, -0.1) is 15.3 Å². The number of aromatic nitrogens is 4. The molecule has 21 heavy (non-hydrogen) atoms. The van der Waals surface area contributed by atoms with Crippen molar-refractivity contribution in [2.75, 3.05) is 6.54 Å². The standard InChI is InChI=1S/C14H21N5OS/c1-14(2,3)12-11(21-19-17-12)13-18-16-10(20-13)5-4-8-15-9-6-7-9/h9,15H,4-8H2,1-3H3. The van der Waals surface area contributed by atoms with Crippen molar-refractivity contribution in [3.8, 4) is 10.8 Å². The zero-order valence-electron chi connectivity index (χ0n) is 12.7. The highest BCUT2D eigenvalue weighted by molar-refractivity contribution is 7.09. The number of hydrogen-bond donors (Lipinski definition) is 1. The lowest BCUT2D eigenvalue weighted by atomic mass is 9.91. The van der Waals surface area contributed by atoms with E-state index >= 15 is 0 Å². The molecule has 1 saturated carbocycles. The third-order valence-corrected chi connectivity index (χ3v) is 4.15. The maximum Gasteiger partial charge on any atom is 0.261 e. The van der Waals surface area contributed by atoms with Crippen LogP contribution in [0.4, 0.5) is 0 Å². The van der Waals surface area contributed by atoms with Gasteiger partial charge in [0.15, 0.2) is 0 Å². The van der Waals surface area contributed by atoms with Gasteiger partial charge in [0.2, 0.25) is 5.89 Å². The zero-order chi connectivity index (χ0) is 14.9. The van der Waals surface area contributed by atoms with E-state index in [4.69, 9.17) is 4.42 Å². The molecule has 0 atom stereocenters. The quantitative estimate of drug-likeness (QED) is 0.827. The van der Waals surface area contributed by atoms with E-state index in [9.17, 15) is 0 Å². The summed E-state index contributed by atoms with van der Waals surface area (Å²) in [5.41, 5.74) is 0.837. The number of nitrogens with zero attached hydrogens (tertiary/aromatic N) is 4. The van der Waals surface area contributed by atoms with Gasteiger partial charge < -0.3 is 9.73 Å². The Kier molecular flexibility index (Phi) is 4.03. The van der Waals surface area contributed by atoms with Crippen molar-refractivity contribution in [2.24, 2.45) is 0 Å². The lowest BCUT2D eigenvalue weighted by molar-refractivity contribution is 0.489. The van der Waals surface area contributed by atoms with E-state index in [-0.39, 0.29) is 5.41 Å². The highest BCUT2D eigenvalue weighted by Gasteiger charge is 2.26. The molecule has 2 aromatic rings. The largest absolute Gasteiger partial charge is 0.420 e. The summed E-state index contributed by atoms with van der Waals surface area (Å²) in [5.74, 6) is 1.23. The van der Waals surface area contributed by atoms with E-state index in [1.165, 1.54) is 24.4 Å². The predicted molar refractivity (Wildman–Crippen MR) is 81.2 cm³/mol. The zero-order valence-corrected chi connectivity index (χ0v) is 13.5. The molecule has 0 spiro atoms. The lowest BCUT2D eigenvalue weighted by Gasteiger charge is -2.14. The van der Waals surface area contributed by atoms with Crippen LogP contribution in [0.25, 0.3) is 10.8 Å². The monoisotopic (exact) mass is 307 g/mol. The summed E-state index contributed by atoms with van der Waals surface area (Å²) in [4.78, 5) is 0.886. The molecule has 0 aliphatic heterocycles. The first kappa shape index (κ1) is 14.6. The van der Waals surface area contributed by atoms with Crippen LogP contribution in [0.1, 0.15) is 51.6 Å². The fraction of sp³-hybridized carbons (Fsp3) is 0.714. The Morgan fingerprint density at radius 2 is 2.05 bits per heavy atom. The van der Waals surface area contributed by atoms with Gasteiger partial charge in [-0.2, -0.15) is 0 Å². The van der Waals surface area contributed by atoms with Crippen LogP contribution in [0.15, 0.2) is 4.42 Å². The minimum Gasteiger partial charge on any atom is -0.420 e. The highest BCUT2D eigenvalue weighted by atomic mass is 32.1. The summed E-state index contributed by atoms with van der Waals surface area (Å²) in [6, 6.07) is 0.751. The van der Waals surface area contributed by atoms with E-state index in [0.29, 0.717) is 11.8 Å². The van der Waals surface area contributed by atoms with Gasteiger partial charge in [-0.3, -0.25) is 0 Å². The van der Waals surface area contributed by atoms with Gasteiger partial charge >= 0.3 is 0 Å². The second-order valence-electron chi connectivity index (χ2n) is 6.53. The Balaban J connectivity index is 1.62. The molecule has 0 bridgehead atoms. The van der Waals surface area contributed by atoms with Crippen LogP contribution in [-0.2, 0) is 11.8 Å². The summed E-state index contributed by atoms with van der Waals surface area (Å²) in [6.07, 6.45) is 4.46. The fourth-order valence-electron chi connectivity index (χ4n) is 2.10. The molecule has 114 valence electrons.